The minimum Gasteiger partial charge on any atom is -0.324 e. The fraction of sp³-hybridized carbons (Fsp3) is 0.353. The lowest BCUT2D eigenvalue weighted by atomic mass is 10.1. The number of hydrogen-bond acceptors (Lipinski definition) is 3. The van der Waals surface area contributed by atoms with Gasteiger partial charge in [-0.15, -0.1) is 0 Å². The highest BCUT2D eigenvalue weighted by molar-refractivity contribution is 5.91. The molecule has 1 heterocycles. The molecule has 5 heteroatoms. The van der Waals surface area contributed by atoms with E-state index >= 15 is 0 Å². The molecule has 0 atom stereocenters. The van der Waals surface area contributed by atoms with Gasteiger partial charge in [0.2, 0.25) is 5.91 Å². The standard InChI is InChI=1S/C17H21N3O2/c1-11(2)14-8-17(22)20(10-18-14)9-16(21)19-15-7-12(3)5-6-13(15)4/h5-8,10-11H,9H2,1-4H3,(H,19,21). The maximum absolute atomic E-state index is 12.1. The van der Waals surface area contributed by atoms with Crippen molar-refractivity contribution in [2.45, 2.75) is 40.2 Å². The molecule has 2 rings (SSSR count). The van der Waals surface area contributed by atoms with Crippen LogP contribution >= 0.6 is 0 Å². The van der Waals surface area contributed by atoms with Gasteiger partial charge < -0.3 is 5.32 Å². The van der Waals surface area contributed by atoms with Gasteiger partial charge in [-0.05, 0) is 37.0 Å². The number of aromatic nitrogens is 2. The minimum absolute atomic E-state index is 0.0441. The Morgan fingerprint density at radius 1 is 1.27 bits per heavy atom. The number of nitrogens with zero attached hydrogens (tertiary/aromatic N) is 2. The summed E-state index contributed by atoms with van der Waals surface area (Å²) < 4.78 is 1.31. The normalized spacial score (nSPS) is 10.8. The van der Waals surface area contributed by atoms with Crippen molar-refractivity contribution in [3.8, 4) is 0 Å². The third-order valence-corrected chi connectivity index (χ3v) is 3.47. The molecule has 0 fully saturated rings. The molecule has 1 N–H and O–H groups in total. The number of carbonyl (C=O) groups is 1. The van der Waals surface area contributed by atoms with Crippen molar-refractivity contribution in [1.82, 2.24) is 9.55 Å². The number of rotatable bonds is 4. The van der Waals surface area contributed by atoms with E-state index in [0.717, 1.165) is 22.5 Å². The molecule has 22 heavy (non-hydrogen) atoms. The van der Waals surface area contributed by atoms with Crippen molar-refractivity contribution in [3.63, 3.8) is 0 Å². The molecule has 0 saturated carbocycles. The zero-order valence-electron chi connectivity index (χ0n) is 13.4. The van der Waals surface area contributed by atoms with Crippen molar-refractivity contribution in [2.24, 2.45) is 0 Å². The lowest BCUT2D eigenvalue weighted by Crippen LogP contribution is -2.28. The Bertz CT molecular complexity index is 748. The van der Waals surface area contributed by atoms with Gasteiger partial charge in [-0.2, -0.15) is 0 Å². The molecule has 5 nitrogen and oxygen atoms in total. The molecular formula is C17H21N3O2. The molecule has 1 amide bonds. The van der Waals surface area contributed by atoms with Crippen LogP contribution in [0, 0.1) is 13.8 Å². The molecule has 0 aliphatic carbocycles. The van der Waals surface area contributed by atoms with Crippen LogP contribution in [0.2, 0.25) is 0 Å². The lowest BCUT2D eigenvalue weighted by Gasteiger charge is -2.11. The predicted molar refractivity (Wildman–Crippen MR) is 87.1 cm³/mol. The zero-order valence-corrected chi connectivity index (χ0v) is 13.4. The number of carbonyl (C=O) groups excluding carboxylic acids is 1. The van der Waals surface area contributed by atoms with E-state index in [1.807, 2.05) is 45.9 Å². The van der Waals surface area contributed by atoms with E-state index < -0.39 is 0 Å². The van der Waals surface area contributed by atoms with E-state index in [1.54, 1.807) is 0 Å². The third-order valence-electron chi connectivity index (χ3n) is 3.47. The van der Waals surface area contributed by atoms with E-state index in [9.17, 15) is 9.59 Å². The van der Waals surface area contributed by atoms with E-state index in [2.05, 4.69) is 10.3 Å². The Labute approximate surface area is 130 Å². The summed E-state index contributed by atoms with van der Waals surface area (Å²) in [4.78, 5) is 28.3. The molecule has 0 saturated heterocycles. The molecule has 2 aromatic rings. The highest BCUT2D eigenvalue weighted by Gasteiger charge is 2.09. The lowest BCUT2D eigenvalue weighted by molar-refractivity contribution is -0.116. The molecule has 0 bridgehead atoms. The van der Waals surface area contributed by atoms with Crippen LogP contribution in [-0.4, -0.2) is 15.5 Å². The van der Waals surface area contributed by atoms with Gasteiger partial charge in [0.15, 0.2) is 0 Å². The number of hydrogen-bond donors (Lipinski definition) is 1. The maximum atomic E-state index is 12.1. The van der Waals surface area contributed by atoms with Crippen LogP contribution in [0.5, 0.6) is 0 Å². The van der Waals surface area contributed by atoms with Gasteiger partial charge in [-0.25, -0.2) is 4.98 Å². The predicted octanol–water partition coefficient (Wildman–Crippen LogP) is 2.62. The van der Waals surface area contributed by atoms with Gasteiger partial charge in [0.1, 0.15) is 6.54 Å². The summed E-state index contributed by atoms with van der Waals surface area (Å²) in [6.45, 7) is 7.80. The fourth-order valence-electron chi connectivity index (χ4n) is 2.09. The van der Waals surface area contributed by atoms with Gasteiger partial charge >= 0.3 is 0 Å². The average Bonchev–Trinajstić information content (AvgIpc) is 2.45. The first kappa shape index (κ1) is 15.9. The van der Waals surface area contributed by atoms with Crippen molar-refractivity contribution in [1.29, 1.82) is 0 Å². The molecule has 0 radical (unpaired) electrons. The first-order valence-corrected chi connectivity index (χ1v) is 7.30. The number of anilines is 1. The quantitative estimate of drug-likeness (QED) is 0.944. The van der Waals surface area contributed by atoms with Crippen LogP contribution < -0.4 is 10.9 Å². The number of nitrogens with one attached hydrogen (secondary N) is 1. The molecule has 0 unspecified atom stereocenters. The average molecular weight is 299 g/mol. The first-order valence-electron chi connectivity index (χ1n) is 7.30. The summed E-state index contributed by atoms with van der Waals surface area (Å²) in [6.07, 6.45) is 1.43. The monoisotopic (exact) mass is 299 g/mol. The Morgan fingerprint density at radius 2 is 2.00 bits per heavy atom. The number of aryl methyl sites for hydroxylation is 2. The van der Waals surface area contributed by atoms with Gasteiger partial charge in [-0.3, -0.25) is 14.2 Å². The minimum atomic E-state index is -0.241. The second kappa shape index (κ2) is 6.56. The summed E-state index contributed by atoms with van der Waals surface area (Å²) in [6, 6.07) is 7.34. The molecule has 1 aromatic carbocycles. The molecule has 0 spiro atoms. The van der Waals surface area contributed by atoms with E-state index in [-0.39, 0.29) is 23.9 Å². The number of amides is 1. The summed E-state index contributed by atoms with van der Waals surface area (Å²) in [5, 5.41) is 2.84. The third kappa shape index (κ3) is 3.81. The summed E-state index contributed by atoms with van der Waals surface area (Å²) >= 11 is 0. The van der Waals surface area contributed by atoms with E-state index in [1.165, 1.54) is 17.0 Å². The highest BCUT2D eigenvalue weighted by atomic mass is 16.2. The van der Waals surface area contributed by atoms with Crippen LogP contribution in [0.4, 0.5) is 5.69 Å². The van der Waals surface area contributed by atoms with Crippen LogP contribution in [0.1, 0.15) is 36.6 Å². The molecule has 0 aliphatic rings. The van der Waals surface area contributed by atoms with Crippen molar-refractivity contribution >= 4 is 11.6 Å². The first-order chi connectivity index (χ1) is 10.4. The zero-order chi connectivity index (χ0) is 16.3. The van der Waals surface area contributed by atoms with Crippen LogP contribution in [0.25, 0.3) is 0 Å². The second-order valence-electron chi connectivity index (χ2n) is 5.80. The Morgan fingerprint density at radius 3 is 2.64 bits per heavy atom. The summed E-state index contributed by atoms with van der Waals surface area (Å²) in [5.41, 5.74) is 3.34. The molecule has 0 aliphatic heterocycles. The SMILES string of the molecule is Cc1ccc(C)c(NC(=O)Cn2cnc(C(C)C)cc2=O)c1. The molecule has 116 valence electrons. The van der Waals surface area contributed by atoms with Crippen LogP contribution in [-0.2, 0) is 11.3 Å². The van der Waals surface area contributed by atoms with Crippen molar-refractivity contribution < 1.29 is 4.79 Å². The van der Waals surface area contributed by atoms with E-state index in [0.29, 0.717) is 0 Å². The van der Waals surface area contributed by atoms with Gasteiger partial charge in [0.25, 0.3) is 5.56 Å². The Hall–Kier alpha value is -2.43. The molecule has 1 aromatic heterocycles. The van der Waals surface area contributed by atoms with Gasteiger partial charge in [0, 0.05) is 11.8 Å². The topological polar surface area (TPSA) is 64.0 Å². The highest BCUT2D eigenvalue weighted by Crippen LogP contribution is 2.16. The van der Waals surface area contributed by atoms with Crippen molar-refractivity contribution in [3.05, 3.63) is 57.8 Å². The van der Waals surface area contributed by atoms with Crippen molar-refractivity contribution in [2.75, 3.05) is 5.32 Å². The Balaban J connectivity index is 2.12. The fourth-order valence-corrected chi connectivity index (χ4v) is 2.09. The van der Waals surface area contributed by atoms with Gasteiger partial charge in [0.05, 0.1) is 12.0 Å². The second-order valence-corrected chi connectivity index (χ2v) is 5.80. The smallest absolute Gasteiger partial charge is 0.254 e. The number of benzene rings is 1. The molecular weight excluding hydrogens is 278 g/mol. The van der Waals surface area contributed by atoms with E-state index in [4.69, 9.17) is 0 Å². The van der Waals surface area contributed by atoms with Gasteiger partial charge in [-0.1, -0.05) is 26.0 Å². The summed E-state index contributed by atoms with van der Waals surface area (Å²) in [7, 11) is 0. The summed E-state index contributed by atoms with van der Waals surface area (Å²) in [5.74, 6) is -0.0546. The van der Waals surface area contributed by atoms with Crippen LogP contribution in [0.15, 0.2) is 35.4 Å². The largest absolute Gasteiger partial charge is 0.324 e. The Kier molecular flexibility index (Phi) is 4.75. The van der Waals surface area contributed by atoms with Crippen LogP contribution in [0.3, 0.4) is 0 Å². The maximum Gasteiger partial charge on any atom is 0.254 e.